The van der Waals surface area contributed by atoms with Crippen molar-refractivity contribution in [1.29, 1.82) is 0 Å². The van der Waals surface area contributed by atoms with Crippen LogP contribution in [0.5, 0.6) is 5.75 Å². The predicted molar refractivity (Wildman–Crippen MR) is 96.1 cm³/mol. The molecule has 0 bridgehead atoms. The number of aromatic nitrogens is 4. The number of amides is 1. The molecule has 1 aromatic heterocycles. The first-order valence-electron chi connectivity index (χ1n) is 9.18. The monoisotopic (exact) mass is 375 g/mol. The van der Waals surface area contributed by atoms with Crippen molar-refractivity contribution in [2.24, 2.45) is 0 Å². The molecule has 8 heteroatoms. The molecular weight excluding hydrogens is 354 g/mol. The molecule has 2 aromatic rings. The lowest BCUT2D eigenvalue weighted by Gasteiger charge is -2.34. The van der Waals surface area contributed by atoms with Gasteiger partial charge < -0.3 is 9.64 Å². The summed E-state index contributed by atoms with van der Waals surface area (Å²) in [6.45, 7) is 2.19. The van der Waals surface area contributed by atoms with Crippen molar-refractivity contribution in [3.8, 4) is 5.75 Å². The molecule has 0 aliphatic carbocycles. The SMILES string of the molecule is O=C(C1CCCCn2nnnc21)N1CCC(Oc2cccc(Cl)c2)CC1. The molecule has 1 aromatic carbocycles. The summed E-state index contributed by atoms with van der Waals surface area (Å²) in [5.41, 5.74) is 0. The van der Waals surface area contributed by atoms with Crippen LogP contribution < -0.4 is 4.74 Å². The van der Waals surface area contributed by atoms with Gasteiger partial charge in [0.15, 0.2) is 5.82 Å². The van der Waals surface area contributed by atoms with Crippen molar-refractivity contribution < 1.29 is 9.53 Å². The summed E-state index contributed by atoms with van der Waals surface area (Å²) < 4.78 is 7.80. The van der Waals surface area contributed by atoms with Crippen LogP contribution >= 0.6 is 11.6 Å². The molecular formula is C18H22ClN5O2. The van der Waals surface area contributed by atoms with Crippen molar-refractivity contribution in [3.05, 3.63) is 35.1 Å². The van der Waals surface area contributed by atoms with Crippen LogP contribution in [-0.2, 0) is 11.3 Å². The zero-order chi connectivity index (χ0) is 17.9. The van der Waals surface area contributed by atoms with Gasteiger partial charge in [0.2, 0.25) is 5.91 Å². The van der Waals surface area contributed by atoms with Crippen molar-refractivity contribution in [3.63, 3.8) is 0 Å². The van der Waals surface area contributed by atoms with Gasteiger partial charge in [0.05, 0.1) is 5.92 Å². The Kier molecular flexibility index (Phi) is 5.06. The Hall–Kier alpha value is -2.15. The summed E-state index contributed by atoms with van der Waals surface area (Å²) in [5, 5.41) is 12.5. The van der Waals surface area contributed by atoms with Gasteiger partial charge in [-0.1, -0.05) is 24.1 Å². The number of carbonyl (C=O) groups is 1. The standard InChI is InChI=1S/C18H22ClN5O2/c19-13-4-3-5-15(12-13)26-14-7-10-23(11-8-14)18(25)16-6-1-2-9-24-17(16)20-21-22-24/h3-5,12,14,16H,1-2,6-11H2. The number of tetrazole rings is 1. The molecule has 2 aliphatic rings. The molecule has 26 heavy (non-hydrogen) atoms. The highest BCUT2D eigenvalue weighted by atomic mass is 35.5. The van der Waals surface area contributed by atoms with Crippen LogP contribution in [0.15, 0.2) is 24.3 Å². The minimum Gasteiger partial charge on any atom is -0.490 e. The van der Waals surface area contributed by atoms with E-state index < -0.39 is 0 Å². The third-order valence-corrected chi connectivity index (χ3v) is 5.37. The molecule has 2 aliphatic heterocycles. The van der Waals surface area contributed by atoms with Crippen LogP contribution in [-0.4, -0.2) is 50.2 Å². The Morgan fingerprint density at radius 2 is 2.00 bits per heavy atom. The van der Waals surface area contributed by atoms with E-state index in [1.54, 1.807) is 4.68 Å². The summed E-state index contributed by atoms with van der Waals surface area (Å²) in [4.78, 5) is 15.0. The summed E-state index contributed by atoms with van der Waals surface area (Å²) in [5.74, 6) is 1.41. The molecule has 1 amide bonds. The number of nitrogens with zero attached hydrogens (tertiary/aromatic N) is 5. The molecule has 0 radical (unpaired) electrons. The van der Waals surface area contributed by atoms with Gasteiger partial charge in [-0.05, 0) is 41.5 Å². The van der Waals surface area contributed by atoms with Gasteiger partial charge in [0.25, 0.3) is 0 Å². The maximum absolute atomic E-state index is 13.0. The fourth-order valence-electron chi connectivity index (χ4n) is 3.74. The van der Waals surface area contributed by atoms with Gasteiger partial charge in [0, 0.05) is 37.5 Å². The molecule has 4 rings (SSSR count). The highest BCUT2D eigenvalue weighted by Gasteiger charge is 2.33. The molecule has 0 saturated carbocycles. The second-order valence-electron chi connectivity index (χ2n) is 6.91. The highest BCUT2D eigenvalue weighted by molar-refractivity contribution is 6.30. The Labute approximate surface area is 157 Å². The van der Waals surface area contributed by atoms with Gasteiger partial charge in [-0.25, -0.2) is 4.68 Å². The number of carbonyl (C=O) groups excluding carboxylic acids is 1. The Bertz CT molecular complexity index is 772. The summed E-state index contributed by atoms with van der Waals surface area (Å²) in [6.07, 6.45) is 4.58. The number of rotatable bonds is 3. The fraction of sp³-hybridized carbons (Fsp3) is 0.556. The summed E-state index contributed by atoms with van der Waals surface area (Å²) >= 11 is 6.01. The van der Waals surface area contributed by atoms with Crippen LogP contribution in [0.1, 0.15) is 43.8 Å². The summed E-state index contributed by atoms with van der Waals surface area (Å²) in [6, 6.07) is 7.45. The third kappa shape index (κ3) is 3.67. The van der Waals surface area contributed by atoms with E-state index >= 15 is 0 Å². The van der Waals surface area contributed by atoms with E-state index in [1.165, 1.54) is 0 Å². The molecule has 138 valence electrons. The Balaban J connectivity index is 1.37. The quantitative estimate of drug-likeness (QED) is 0.824. The zero-order valence-corrected chi connectivity index (χ0v) is 15.3. The Morgan fingerprint density at radius 3 is 2.81 bits per heavy atom. The lowest BCUT2D eigenvalue weighted by atomic mass is 9.98. The van der Waals surface area contributed by atoms with Crippen molar-refractivity contribution in [2.45, 2.75) is 50.7 Å². The van der Waals surface area contributed by atoms with Crippen LogP contribution in [0.25, 0.3) is 0 Å². The van der Waals surface area contributed by atoms with E-state index in [4.69, 9.17) is 16.3 Å². The first-order valence-corrected chi connectivity index (χ1v) is 9.55. The van der Waals surface area contributed by atoms with Gasteiger partial charge in [-0.3, -0.25) is 4.79 Å². The lowest BCUT2D eigenvalue weighted by Crippen LogP contribution is -2.44. The number of likely N-dealkylation sites (tertiary alicyclic amines) is 1. The van der Waals surface area contributed by atoms with Gasteiger partial charge >= 0.3 is 0 Å². The van der Waals surface area contributed by atoms with Crippen molar-refractivity contribution in [1.82, 2.24) is 25.1 Å². The van der Waals surface area contributed by atoms with Crippen molar-refractivity contribution in [2.75, 3.05) is 13.1 Å². The minimum absolute atomic E-state index is 0.108. The zero-order valence-electron chi connectivity index (χ0n) is 14.6. The minimum atomic E-state index is -0.224. The molecule has 1 atom stereocenters. The third-order valence-electron chi connectivity index (χ3n) is 5.13. The van der Waals surface area contributed by atoms with E-state index in [1.807, 2.05) is 29.2 Å². The van der Waals surface area contributed by atoms with E-state index in [0.29, 0.717) is 23.9 Å². The number of benzene rings is 1. The second kappa shape index (κ2) is 7.61. The first-order chi connectivity index (χ1) is 12.7. The number of halogens is 1. The predicted octanol–water partition coefficient (Wildman–Crippen LogP) is 2.66. The number of hydrogen-bond donors (Lipinski definition) is 0. The largest absolute Gasteiger partial charge is 0.490 e. The average Bonchev–Trinajstić information content (AvgIpc) is 3.01. The molecule has 0 spiro atoms. The van der Waals surface area contributed by atoms with Crippen LogP contribution in [0.2, 0.25) is 5.02 Å². The topological polar surface area (TPSA) is 73.1 Å². The maximum Gasteiger partial charge on any atom is 0.233 e. The van der Waals surface area contributed by atoms with Gasteiger partial charge in [-0.15, -0.1) is 5.10 Å². The van der Waals surface area contributed by atoms with Gasteiger partial charge in [0.1, 0.15) is 11.9 Å². The second-order valence-corrected chi connectivity index (χ2v) is 7.34. The van der Waals surface area contributed by atoms with Crippen LogP contribution in [0, 0.1) is 0 Å². The Morgan fingerprint density at radius 1 is 1.15 bits per heavy atom. The molecule has 1 saturated heterocycles. The van der Waals surface area contributed by atoms with Crippen molar-refractivity contribution >= 4 is 17.5 Å². The number of ether oxygens (including phenoxy) is 1. The smallest absolute Gasteiger partial charge is 0.233 e. The number of hydrogen-bond acceptors (Lipinski definition) is 5. The molecule has 7 nitrogen and oxygen atoms in total. The van der Waals surface area contributed by atoms with E-state index in [0.717, 1.165) is 44.4 Å². The number of piperidine rings is 1. The number of fused-ring (bicyclic) bond motifs is 1. The van der Waals surface area contributed by atoms with E-state index in [9.17, 15) is 4.79 Å². The fourth-order valence-corrected chi connectivity index (χ4v) is 3.92. The molecule has 3 heterocycles. The molecule has 1 fully saturated rings. The van der Waals surface area contributed by atoms with E-state index in [-0.39, 0.29) is 17.9 Å². The average molecular weight is 376 g/mol. The molecule has 1 unspecified atom stereocenters. The van der Waals surface area contributed by atoms with E-state index in [2.05, 4.69) is 15.5 Å². The summed E-state index contributed by atoms with van der Waals surface area (Å²) in [7, 11) is 0. The van der Waals surface area contributed by atoms with Crippen LogP contribution in [0.4, 0.5) is 0 Å². The molecule has 0 N–H and O–H groups in total. The normalized spacial score (nSPS) is 21.1. The highest BCUT2D eigenvalue weighted by Crippen LogP contribution is 2.28. The lowest BCUT2D eigenvalue weighted by molar-refractivity contribution is -0.135. The van der Waals surface area contributed by atoms with Crippen LogP contribution in [0.3, 0.4) is 0 Å². The maximum atomic E-state index is 13.0. The number of aryl methyl sites for hydroxylation is 1. The first kappa shape index (κ1) is 17.3. The van der Waals surface area contributed by atoms with Gasteiger partial charge in [-0.2, -0.15) is 0 Å².